The highest BCUT2D eigenvalue weighted by Gasteiger charge is 2.21. The van der Waals surface area contributed by atoms with Crippen LogP contribution in [-0.2, 0) is 4.79 Å². The summed E-state index contributed by atoms with van der Waals surface area (Å²) in [6, 6.07) is 3.08. The van der Waals surface area contributed by atoms with Crippen molar-refractivity contribution in [1.29, 1.82) is 0 Å². The summed E-state index contributed by atoms with van der Waals surface area (Å²) < 4.78 is 5.22. The van der Waals surface area contributed by atoms with Crippen LogP contribution >= 0.6 is 11.6 Å². The van der Waals surface area contributed by atoms with E-state index >= 15 is 0 Å². The SMILES string of the molecule is [B]CC(=O)CCN1CCC(CNC(=O)c2cc(Cl)c(N)cc2OC)CC1. The van der Waals surface area contributed by atoms with Gasteiger partial charge in [-0.2, -0.15) is 0 Å². The van der Waals surface area contributed by atoms with Gasteiger partial charge < -0.3 is 25.5 Å². The van der Waals surface area contributed by atoms with Crippen LogP contribution in [0.4, 0.5) is 5.69 Å². The zero-order valence-corrected chi connectivity index (χ0v) is 15.8. The number of ether oxygens (including phenoxy) is 1. The monoisotopic (exact) mass is 377 g/mol. The van der Waals surface area contributed by atoms with Gasteiger partial charge in [0, 0.05) is 25.6 Å². The molecule has 1 fully saturated rings. The Balaban J connectivity index is 1.80. The molecule has 26 heavy (non-hydrogen) atoms. The number of benzene rings is 1. The second-order valence-electron chi connectivity index (χ2n) is 6.56. The van der Waals surface area contributed by atoms with E-state index in [0.29, 0.717) is 40.9 Å². The Morgan fingerprint density at radius 2 is 2.08 bits per heavy atom. The Morgan fingerprint density at radius 3 is 2.69 bits per heavy atom. The Bertz CT molecular complexity index is 649. The summed E-state index contributed by atoms with van der Waals surface area (Å²) in [5.74, 6) is 0.690. The molecule has 3 N–H and O–H groups in total. The number of piperidine rings is 1. The summed E-state index contributed by atoms with van der Waals surface area (Å²) in [5, 5.41) is 3.29. The lowest BCUT2D eigenvalue weighted by Gasteiger charge is -2.31. The maximum atomic E-state index is 12.5. The summed E-state index contributed by atoms with van der Waals surface area (Å²) in [5.41, 5.74) is 6.50. The predicted octanol–water partition coefficient (Wildman–Crippen LogP) is 1.92. The van der Waals surface area contributed by atoms with Crippen LogP contribution in [0.15, 0.2) is 12.1 Å². The summed E-state index contributed by atoms with van der Waals surface area (Å²) in [4.78, 5) is 26.0. The lowest BCUT2D eigenvalue weighted by atomic mass is 9.95. The predicted molar refractivity (Wildman–Crippen MR) is 104 cm³/mol. The van der Waals surface area contributed by atoms with E-state index in [9.17, 15) is 9.59 Å². The summed E-state index contributed by atoms with van der Waals surface area (Å²) in [7, 11) is 6.82. The van der Waals surface area contributed by atoms with Gasteiger partial charge in [-0.15, -0.1) is 0 Å². The van der Waals surface area contributed by atoms with Crippen molar-refractivity contribution in [2.45, 2.75) is 25.6 Å². The molecule has 2 radical (unpaired) electrons. The molecule has 0 atom stereocenters. The third-order valence-corrected chi connectivity index (χ3v) is 5.08. The maximum absolute atomic E-state index is 12.5. The molecule has 6 nitrogen and oxygen atoms in total. The number of carbonyl (C=O) groups excluding carboxylic acids is 2. The second kappa shape index (κ2) is 9.83. The molecule has 1 saturated heterocycles. The van der Waals surface area contributed by atoms with Gasteiger partial charge in [-0.25, -0.2) is 0 Å². The molecule has 0 aliphatic carbocycles. The molecule has 0 saturated carbocycles. The van der Waals surface area contributed by atoms with Crippen molar-refractivity contribution in [1.82, 2.24) is 10.2 Å². The fraction of sp³-hybridized carbons (Fsp3) is 0.556. The van der Waals surface area contributed by atoms with E-state index in [1.165, 1.54) is 13.2 Å². The minimum atomic E-state index is -0.222. The van der Waals surface area contributed by atoms with Crippen molar-refractivity contribution in [2.75, 3.05) is 39.0 Å². The first kappa shape index (κ1) is 20.6. The molecule has 8 heteroatoms. The van der Waals surface area contributed by atoms with Crippen LogP contribution in [0.5, 0.6) is 5.75 Å². The van der Waals surface area contributed by atoms with Crippen molar-refractivity contribution in [3.8, 4) is 5.75 Å². The molecular formula is C18H25BClN3O3. The van der Waals surface area contributed by atoms with Crippen LogP contribution in [0.2, 0.25) is 11.3 Å². The van der Waals surface area contributed by atoms with Crippen LogP contribution in [0.3, 0.4) is 0 Å². The van der Waals surface area contributed by atoms with Gasteiger partial charge in [0.1, 0.15) is 11.5 Å². The van der Waals surface area contributed by atoms with Crippen LogP contribution in [0, 0.1) is 5.92 Å². The van der Waals surface area contributed by atoms with Gasteiger partial charge in [0.05, 0.1) is 31.2 Å². The number of nitrogens with two attached hydrogens (primary N) is 1. The minimum Gasteiger partial charge on any atom is -0.496 e. The first-order valence-corrected chi connectivity index (χ1v) is 9.17. The topological polar surface area (TPSA) is 84.7 Å². The Labute approximate surface area is 160 Å². The number of rotatable bonds is 8. The molecule has 140 valence electrons. The van der Waals surface area contributed by atoms with E-state index in [-0.39, 0.29) is 18.0 Å². The van der Waals surface area contributed by atoms with Crippen LogP contribution in [0.25, 0.3) is 0 Å². The van der Waals surface area contributed by atoms with Crippen molar-refractivity contribution >= 4 is 36.8 Å². The standard InChI is InChI=1S/C18H25BClN3O3/c1-26-17-9-16(21)15(20)8-14(17)18(25)22-11-12-2-5-23(6-3-12)7-4-13(24)10-19/h8-9,12H,2-7,10-11,21H2,1H3,(H,22,25). The lowest BCUT2D eigenvalue weighted by Crippen LogP contribution is -2.39. The highest BCUT2D eigenvalue weighted by Crippen LogP contribution is 2.29. The third kappa shape index (κ3) is 5.64. The van der Waals surface area contributed by atoms with E-state index in [1.54, 1.807) is 6.07 Å². The number of hydrogen-bond acceptors (Lipinski definition) is 5. The van der Waals surface area contributed by atoms with E-state index in [0.717, 1.165) is 32.5 Å². The summed E-state index contributed by atoms with van der Waals surface area (Å²) in [6.07, 6.45) is 2.59. The van der Waals surface area contributed by atoms with Crippen LogP contribution < -0.4 is 15.8 Å². The number of hydrogen-bond donors (Lipinski definition) is 2. The number of amides is 1. The average Bonchev–Trinajstić information content (AvgIpc) is 2.66. The Kier molecular flexibility index (Phi) is 7.78. The Hall–Kier alpha value is -1.73. The Morgan fingerprint density at radius 1 is 1.38 bits per heavy atom. The van der Waals surface area contributed by atoms with Gasteiger partial charge in [0.2, 0.25) is 0 Å². The highest BCUT2D eigenvalue weighted by molar-refractivity contribution is 6.33. The van der Waals surface area contributed by atoms with Gasteiger partial charge in [-0.1, -0.05) is 11.6 Å². The minimum absolute atomic E-state index is 0.0930. The molecule has 1 aliphatic rings. The molecule has 1 aromatic carbocycles. The quantitative estimate of drug-likeness (QED) is 0.534. The van der Waals surface area contributed by atoms with Gasteiger partial charge in [0.15, 0.2) is 0 Å². The first-order chi connectivity index (χ1) is 12.4. The summed E-state index contributed by atoms with van der Waals surface area (Å²) in [6.45, 7) is 3.21. The zero-order valence-electron chi connectivity index (χ0n) is 15.1. The number of nitrogens with zero attached hydrogens (tertiary/aromatic N) is 1. The number of methoxy groups -OCH3 is 1. The maximum Gasteiger partial charge on any atom is 0.255 e. The van der Waals surface area contributed by atoms with E-state index < -0.39 is 0 Å². The average molecular weight is 378 g/mol. The van der Waals surface area contributed by atoms with Gasteiger partial charge in [-0.05, 0) is 44.2 Å². The number of ketones is 1. The molecular weight excluding hydrogens is 352 g/mol. The molecule has 0 aromatic heterocycles. The fourth-order valence-electron chi connectivity index (χ4n) is 3.05. The van der Waals surface area contributed by atoms with Gasteiger partial charge in [0.25, 0.3) is 5.91 Å². The number of nitrogens with one attached hydrogen (secondary N) is 1. The van der Waals surface area contributed by atoms with E-state index in [2.05, 4.69) is 10.2 Å². The number of halogens is 1. The highest BCUT2D eigenvalue weighted by atomic mass is 35.5. The number of likely N-dealkylation sites (tertiary alicyclic amines) is 1. The molecule has 1 aromatic rings. The molecule has 0 spiro atoms. The van der Waals surface area contributed by atoms with Crippen LogP contribution in [-0.4, -0.2) is 57.7 Å². The molecule has 1 heterocycles. The van der Waals surface area contributed by atoms with Crippen LogP contribution in [0.1, 0.15) is 29.6 Å². The van der Waals surface area contributed by atoms with Gasteiger partial charge in [-0.3, -0.25) is 4.79 Å². The molecule has 1 amide bonds. The molecule has 2 rings (SSSR count). The normalized spacial score (nSPS) is 15.6. The lowest BCUT2D eigenvalue weighted by molar-refractivity contribution is -0.117. The van der Waals surface area contributed by atoms with Crippen molar-refractivity contribution in [3.63, 3.8) is 0 Å². The summed E-state index contributed by atoms with van der Waals surface area (Å²) >= 11 is 6.02. The zero-order chi connectivity index (χ0) is 19.1. The van der Waals surface area contributed by atoms with E-state index in [1.807, 2.05) is 0 Å². The van der Waals surface area contributed by atoms with Gasteiger partial charge >= 0.3 is 0 Å². The number of Topliss-reactive ketones (excluding diaryl/α,β-unsaturated/α-hetero) is 1. The first-order valence-electron chi connectivity index (χ1n) is 8.80. The molecule has 0 unspecified atom stereocenters. The van der Waals surface area contributed by atoms with Crippen molar-refractivity contribution < 1.29 is 14.3 Å². The number of carbonyl (C=O) groups is 2. The second-order valence-corrected chi connectivity index (χ2v) is 6.97. The largest absolute Gasteiger partial charge is 0.496 e. The molecule has 0 bridgehead atoms. The molecule has 1 aliphatic heterocycles. The number of nitrogen functional groups attached to an aromatic ring is 1. The van der Waals surface area contributed by atoms with Crippen molar-refractivity contribution in [2.24, 2.45) is 5.92 Å². The number of anilines is 1. The van der Waals surface area contributed by atoms with E-state index in [4.69, 9.17) is 29.9 Å². The fourth-order valence-corrected chi connectivity index (χ4v) is 3.21. The smallest absolute Gasteiger partial charge is 0.255 e. The van der Waals surface area contributed by atoms with Crippen molar-refractivity contribution in [3.05, 3.63) is 22.7 Å². The third-order valence-electron chi connectivity index (χ3n) is 4.76.